The van der Waals surface area contributed by atoms with Gasteiger partial charge in [0.1, 0.15) is 19.5 Å². The molecule has 1 heterocycles. The Bertz CT molecular complexity index is 701. The first-order valence-electron chi connectivity index (χ1n) is 8.63. The molecule has 1 aromatic rings. The van der Waals surface area contributed by atoms with Crippen molar-refractivity contribution in [1.82, 2.24) is 4.90 Å². The SMILES string of the molecule is [B]c1ccc(NC(=O)C2[C@H]3CC[C@H](C3)N2C(=O)OC(C)(C)C)c(N)c1. The molecule has 25 heavy (non-hydrogen) atoms. The largest absolute Gasteiger partial charge is 0.444 e. The predicted octanol–water partition coefficient (Wildman–Crippen LogP) is 1.79. The van der Waals surface area contributed by atoms with Gasteiger partial charge >= 0.3 is 6.09 Å². The van der Waals surface area contributed by atoms with Crippen LogP contribution in [0.1, 0.15) is 40.0 Å². The van der Waals surface area contributed by atoms with Gasteiger partial charge in [-0.1, -0.05) is 11.5 Å². The van der Waals surface area contributed by atoms with Crippen LogP contribution in [0.5, 0.6) is 0 Å². The zero-order valence-electron chi connectivity index (χ0n) is 14.9. The molecule has 2 radical (unpaired) electrons. The van der Waals surface area contributed by atoms with E-state index < -0.39 is 17.7 Å². The minimum absolute atomic E-state index is 0.0689. The molecule has 0 aromatic heterocycles. The molecule has 0 spiro atoms. The van der Waals surface area contributed by atoms with Crippen molar-refractivity contribution in [2.24, 2.45) is 5.92 Å². The summed E-state index contributed by atoms with van der Waals surface area (Å²) in [6.45, 7) is 5.47. The maximum absolute atomic E-state index is 12.9. The third kappa shape index (κ3) is 3.60. The Kier molecular flexibility index (Phi) is 4.43. The Morgan fingerprint density at radius 2 is 2.04 bits per heavy atom. The third-order valence-electron chi connectivity index (χ3n) is 4.79. The van der Waals surface area contributed by atoms with Crippen LogP contribution < -0.4 is 16.5 Å². The fourth-order valence-corrected chi connectivity index (χ4v) is 3.80. The van der Waals surface area contributed by atoms with Gasteiger partial charge in [-0.3, -0.25) is 9.69 Å². The van der Waals surface area contributed by atoms with Crippen LogP contribution in [0, 0.1) is 5.92 Å². The predicted molar refractivity (Wildman–Crippen MR) is 97.9 cm³/mol. The van der Waals surface area contributed by atoms with Crippen LogP contribution >= 0.6 is 0 Å². The molecule has 2 amide bonds. The Morgan fingerprint density at radius 3 is 2.68 bits per heavy atom. The quantitative estimate of drug-likeness (QED) is 0.634. The molecule has 2 aliphatic rings. The second-order valence-electron chi connectivity index (χ2n) is 7.90. The van der Waals surface area contributed by atoms with E-state index >= 15 is 0 Å². The molecule has 1 saturated heterocycles. The van der Waals surface area contributed by atoms with Gasteiger partial charge in [-0.15, -0.1) is 0 Å². The van der Waals surface area contributed by atoms with E-state index in [0.29, 0.717) is 16.8 Å². The van der Waals surface area contributed by atoms with E-state index in [2.05, 4.69) is 5.32 Å². The van der Waals surface area contributed by atoms with Gasteiger partial charge < -0.3 is 15.8 Å². The minimum atomic E-state index is -0.596. The van der Waals surface area contributed by atoms with Gasteiger partial charge in [0, 0.05) is 6.04 Å². The highest BCUT2D eigenvalue weighted by atomic mass is 16.6. The zero-order valence-corrected chi connectivity index (χ0v) is 14.9. The molecule has 2 fully saturated rings. The number of hydrogen-bond donors (Lipinski definition) is 2. The number of hydrogen-bond acceptors (Lipinski definition) is 4. The number of nitrogens with zero attached hydrogens (tertiary/aromatic N) is 1. The van der Waals surface area contributed by atoms with Crippen molar-refractivity contribution in [3.05, 3.63) is 18.2 Å². The van der Waals surface area contributed by atoms with Crippen LogP contribution in [0.15, 0.2) is 18.2 Å². The number of amides is 2. The summed E-state index contributed by atoms with van der Waals surface area (Å²) >= 11 is 0. The molecule has 3 atom stereocenters. The van der Waals surface area contributed by atoms with E-state index in [-0.39, 0.29) is 17.9 Å². The smallest absolute Gasteiger partial charge is 0.411 e. The number of likely N-dealkylation sites (tertiary alicyclic amines) is 1. The average molecular weight is 341 g/mol. The summed E-state index contributed by atoms with van der Waals surface area (Å²) < 4.78 is 5.51. The monoisotopic (exact) mass is 341 g/mol. The lowest BCUT2D eigenvalue weighted by atomic mass is 9.95. The molecule has 3 N–H and O–H groups in total. The molecule has 132 valence electrons. The molecule has 3 rings (SSSR count). The molecule has 1 aliphatic carbocycles. The van der Waals surface area contributed by atoms with E-state index in [1.165, 1.54) is 0 Å². The van der Waals surface area contributed by atoms with Crippen molar-refractivity contribution in [1.29, 1.82) is 0 Å². The number of piperidine rings is 1. The number of carbonyl (C=O) groups is 2. The van der Waals surface area contributed by atoms with Gasteiger partial charge in [-0.05, 0) is 58.1 Å². The highest BCUT2D eigenvalue weighted by molar-refractivity contribution is 6.32. The molecule has 6 nitrogen and oxygen atoms in total. The van der Waals surface area contributed by atoms with Crippen molar-refractivity contribution >= 4 is 36.7 Å². The molecule has 7 heteroatoms. The topological polar surface area (TPSA) is 84.7 Å². The summed E-state index contributed by atoms with van der Waals surface area (Å²) in [5.74, 6) is -0.0675. The Morgan fingerprint density at radius 1 is 1.32 bits per heavy atom. The first-order valence-corrected chi connectivity index (χ1v) is 8.63. The van der Waals surface area contributed by atoms with Gasteiger partial charge in [0.25, 0.3) is 0 Å². The lowest BCUT2D eigenvalue weighted by molar-refractivity contribution is -0.122. The standard InChI is InChI=1S/C18H24BN3O3/c1-18(2,3)25-17(24)22-12-6-4-10(8-12)15(22)16(23)21-14-7-5-11(19)9-13(14)20/h5,7,9-10,12,15H,4,6,8,20H2,1-3H3,(H,21,23)/t10-,12+,15?/m0/s1. The first kappa shape index (κ1) is 17.6. The van der Waals surface area contributed by atoms with Gasteiger partial charge in [-0.25, -0.2) is 4.79 Å². The Hall–Kier alpha value is -2.18. The Labute approximate surface area is 149 Å². The molecular formula is C18H24BN3O3. The second kappa shape index (κ2) is 6.28. The van der Waals surface area contributed by atoms with Crippen LogP contribution in [0.2, 0.25) is 0 Å². The van der Waals surface area contributed by atoms with Crippen molar-refractivity contribution in [2.45, 2.75) is 57.7 Å². The summed E-state index contributed by atoms with van der Waals surface area (Å²) in [4.78, 5) is 27.1. The van der Waals surface area contributed by atoms with E-state index in [0.717, 1.165) is 19.3 Å². The first-order chi connectivity index (χ1) is 11.7. The maximum atomic E-state index is 12.9. The highest BCUT2D eigenvalue weighted by Crippen LogP contribution is 2.43. The van der Waals surface area contributed by atoms with Crippen LogP contribution in [0.3, 0.4) is 0 Å². The lowest BCUT2D eigenvalue weighted by Crippen LogP contribution is -2.52. The fourth-order valence-electron chi connectivity index (χ4n) is 3.80. The number of anilines is 2. The third-order valence-corrected chi connectivity index (χ3v) is 4.79. The number of ether oxygens (including phenoxy) is 1. The van der Waals surface area contributed by atoms with Crippen molar-refractivity contribution in [3.63, 3.8) is 0 Å². The Balaban J connectivity index is 1.78. The number of nitrogen functional groups attached to an aromatic ring is 1. The minimum Gasteiger partial charge on any atom is -0.444 e. The van der Waals surface area contributed by atoms with E-state index in [1.807, 2.05) is 20.8 Å². The molecule has 1 saturated carbocycles. The maximum Gasteiger partial charge on any atom is 0.411 e. The van der Waals surface area contributed by atoms with Gasteiger partial charge in [-0.2, -0.15) is 0 Å². The summed E-state index contributed by atoms with van der Waals surface area (Å²) in [7, 11) is 5.69. The molecule has 1 aliphatic heterocycles. The van der Waals surface area contributed by atoms with Crippen molar-refractivity contribution in [2.75, 3.05) is 11.1 Å². The number of fused-ring (bicyclic) bond motifs is 2. The average Bonchev–Trinajstić information content (AvgIpc) is 3.09. The number of nitrogens with one attached hydrogen (secondary N) is 1. The van der Waals surface area contributed by atoms with Crippen molar-refractivity contribution < 1.29 is 14.3 Å². The zero-order chi connectivity index (χ0) is 18.4. The lowest BCUT2D eigenvalue weighted by Gasteiger charge is -2.35. The van der Waals surface area contributed by atoms with Gasteiger partial charge in [0.2, 0.25) is 5.91 Å². The molecule has 1 aromatic carbocycles. The normalized spacial score (nSPS) is 25.1. The summed E-state index contributed by atoms with van der Waals surface area (Å²) in [5.41, 5.74) is 6.77. The van der Waals surface area contributed by atoms with Gasteiger partial charge in [0.15, 0.2) is 0 Å². The van der Waals surface area contributed by atoms with Crippen LogP contribution in [0.4, 0.5) is 16.2 Å². The molecule has 2 bridgehead atoms. The van der Waals surface area contributed by atoms with Crippen LogP contribution in [-0.2, 0) is 9.53 Å². The van der Waals surface area contributed by atoms with Crippen molar-refractivity contribution in [3.8, 4) is 0 Å². The number of nitrogens with two attached hydrogens (primary N) is 1. The number of benzene rings is 1. The summed E-state index contributed by atoms with van der Waals surface area (Å²) in [5, 5.41) is 2.84. The molecular weight excluding hydrogens is 317 g/mol. The fraction of sp³-hybridized carbons (Fsp3) is 0.556. The number of carbonyl (C=O) groups excluding carboxylic acids is 2. The number of rotatable bonds is 2. The van der Waals surface area contributed by atoms with E-state index in [1.54, 1.807) is 23.1 Å². The summed E-state index contributed by atoms with van der Waals surface area (Å²) in [6, 6.07) is 4.50. The molecule has 1 unspecified atom stereocenters. The van der Waals surface area contributed by atoms with Gasteiger partial charge in [0.05, 0.1) is 11.4 Å². The van der Waals surface area contributed by atoms with E-state index in [9.17, 15) is 9.59 Å². The van der Waals surface area contributed by atoms with Crippen LogP contribution in [-0.4, -0.2) is 42.4 Å². The van der Waals surface area contributed by atoms with Crippen LogP contribution in [0.25, 0.3) is 0 Å². The van der Waals surface area contributed by atoms with E-state index in [4.69, 9.17) is 18.3 Å². The second-order valence-corrected chi connectivity index (χ2v) is 7.90. The summed E-state index contributed by atoms with van der Waals surface area (Å²) in [6.07, 6.45) is 2.27. The highest BCUT2D eigenvalue weighted by Gasteiger charge is 2.52.